The van der Waals surface area contributed by atoms with Crippen LogP contribution in [0, 0.1) is 11.6 Å². The lowest BCUT2D eigenvalue weighted by molar-refractivity contribution is -0.137. The van der Waals surface area contributed by atoms with Gasteiger partial charge in [-0.05, 0) is 29.8 Å². The van der Waals surface area contributed by atoms with E-state index in [4.69, 9.17) is 0 Å². The maximum Gasteiger partial charge on any atom is 0.416 e. The van der Waals surface area contributed by atoms with Gasteiger partial charge >= 0.3 is 6.18 Å². The summed E-state index contributed by atoms with van der Waals surface area (Å²) in [6.45, 7) is 0. The first-order chi connectivity index (χ1) is 16.6. The number of hydrogen-bond acceptors (Lipinski definition) is 5. The van der Waals surface area contributed by atoms with E-state index >= 15 is 0 Å². The number of anilines is 1. The van der Waals surface area contributed by atoms with Crippen LogP contribution in [0.15, 0.2) is 55.2 Å². The number of nitrogens with one attached hydrogen (secondary N) is 1. The molecule has 12 heteroatoms. The summed E-state index contributed by atoms with van der Waals surface area (Å²) in [6.07, 6.45) is 2.28. The Morgan fingerprint density at radius 3 is 2.43 bits per heavy atom. The fraction of sp³-hybridized carbons (Fsp3) is 0.174. The number of hydrogen-bond donors (Lipinski definition) is 1. The van der Waals surface area contributed by atoms with E-state index in [2.05, 4.69) is 25.4 Å². The Morgan fingerprint density at radius 1 is 1.03 bits per heavy atom. The summed E-state index contributed by atoms with van der Waals surface area (Å²) < 4.78 is 69.4. The zero-order valence-electron chi connectivity index (χ0n) is 18.1. The summed E-state index contributed by atoms with van der Waals surface area (Å²) in [7, 11) is 1.78. The number of amides is 1. The number of pyridine rings is 1. The number of alkyl halides is 3. The van der Waals surface area contributed by atoms with Gasteiger partial charge in [0, 0.05) is 54.9 Å². The lowest BCUT2D eigenvalue weighted by atomic mass is 10.0. The molecule has 0 unspecified atom stereocenters. The van der Waals surface area contributed by atoms with Gasteiger partial charge in [-0.1, -0.05) is 0 Å². The summed E-state index contributed by atoms with van der Waals surface area (Å²) in [4.78, 5) is 24.2. The van der Waals surface area contributed by atoms with Crippen LogP contribution in [0.1, 0.15) is 22.5 Å². The molecule has 4 aromatic rings. The molecule has 0 fully saturated rings. The minimum atomic E-state index is -4.62. The summed E-state index contributed by atoms with van der Waals surface area (Å²) in [5.41, 5.74) is -0.247. The van der Waals surface area contributed by atoms with Gasteiger partial charge in [0.1, 0.15) is 23.3 Å². The van der Waals surface area contributed by atoms with E-state index in [1.54, 1.807) is 17.9 Å². The molecule has 0 aliphatic rings. The molecule has 0 atom stereocenters. The van der Waals surface area contributed by atoms with Crippen LogP contribution in [0.5, 0.6) is 0 Å². The van der Waals surface area contributed by atoms with E-state index in [1.165, 1.54) is 12.4 Å². The van der Waals surface area contributed by atoms with Gasteiger partial charge in [0.15, 0.2) is 0 Å². The predicted octanol–water partition coefficient (Wildman–Crippen LogP) is 4.34. The van der Waals surface area contributed by atoms with Gasteiger partial charge in [-0.25, -0.2) is 23.7 Å². The largest absolute Gasteiger partial charge is 0.416 e. The number of halogens is 5. The molecule has 4 rings (SSSR count). The van der Waals surface area contributed by atoms with E-state index in [9.17, 15) is 26.7 Å². The fourth-order valence-corrected chi connectivity index (χ4v) is 3.31. The molecule has 1 N–H and O–H groups in total. The quantitative estimate of drug-likeness (QED) is 0.408. The first-order valence-electron chi connectivity index (χ1n) is 10.2. The average molecular weight is 488 g/mol. The molecule has 0 radical (unpaired) electrons. The van der Waals surface area contributed by atoms with Crippen molar-refractivity contribution in [1.82, 2.24) is 24.7 Å². The molecule has 0 aliphatic carbocycles. The second-order valence-corrected chi connectivity index (χ2v) is 7.66. The predicted molar refractivity (Wildman–Crippen MR) is 115 cm³/mol. The van der Waals surface area contributed by atoms with Gasteiger partial charge in [0.2, 0.25) is 5.91 Å². The van der Waals surface area contributed by atoms with Gasteiger partial charge in [0.05, 0.1) is 18.2 Å². The molecule has 0 saturated carbocycles. The maximum absolute atomic E-state index is 14.7. The summed E-state index contributed by atoms with van der Waals surface area (Å²) in [5, 5.41) is 6.22. The molecular weight excluding hydrogens is 471 g/mol. The Bertz CT molecular complexity index is 1370. The molecular formula is C23H17F5N6O. The molecule has 7 nitrogen and oxygen atoms in total. The number of nitrogens with zero attached hydrogens (tertiary/aromatic N) is 5. The standard InChI is InChI=1S/C23H17F5N6O/c1-34-12-13(9-32-34)4-20-30-10-15(11-31-20)17-8-18(24)14(5-19(17)25)6-22(35)33-21-7-16(2-3-29-21)23(26,27)28/h2-3,5,7-12H,4,6H2,1H3,(H,29,33,35). The molecule has 180 valence electrons. The Balaban J connectivity index is 1.46. The number of aryl methyl sites for hydroxylation is 1. The van der Waals surface area contributed by atoms with Crippen LogP contribution >= 0.6 is 0 Å². The highest BCUT2D eigenvalue weighted by Crippen LogP contribution is 2.30. The molecule has 0 saturated heterocycles. The molecule has 3 aromatic heterocycles. The normalized spacial score (nSPS) is 11.5. The number of rotatable bonds is 6. The third-order valence-corrected chi connectivity index (χ3v) is 4.98. The zero-order chi connectivity index (χ0) is 25.2. The van der Waals surface area contributed by atoms with Crippen molar-refractivity contribution >= 4 is 11.7 Å². The van der Waals surface area contributed by atoms with Crippen molar-refractivity contribution in [1.29, 1.82) is 0 Å². The van der Waals surface area contributed by atoms with Crippen molar-refractivity contribution in [3.63, 3.8) is 0 Å². The minimum absolute atomic E-state index is 0.0980. The molecule has 1 amide bonds. The van der Waals surface area contributed by atoms with Crippen LogP contribution in [0.2, 0.25) is 0 Å². The lowest BCUT2D eigenvalue weighted by Crippen LogP contribution is -2.17. The molecule has 3 heterocycles. The zero-order valence-corrected chi connectivity index (χ0v) is 18.1. The van der Waals surface area contributed by atoms with Crippen LogP contribution in [0.25, 0.3) is 11.1 Å². The maximum atomic E-state index is 14.7. The third-order valence-electron chi connectivity index (χ3n) is 4.98. The Morgan fingerprint density at radius 2 is 1.77 bits per heavy atom. The number of carbonyl (C=O) groups is 1. The van der Waals surface area contributed by atoms with E-state index in [1.807, 2.05) is 6.20 Å². The van der Waals surface area contributed by atoms with E-state index in [0.717, 1.165) is 30.0 Å². The van der Waals surface area contributed by atoms with Gasteiger partial charge in [-0.15, -0.1) is 0 Å². The van der Waals surface area contributed by atoms with Crippen molar-refractivity contribution in [3.05, 3.63) is 89.4 Å². The van der Waals surface area contributed by atoms with Crippen molar-refractivity contribution in [2.45, 2.75) is 19.0 Å². The van der Waals surface area contributed by atoms with Crippen LogP contribution in [-0.4, -0.2) is 30.6 Å². The van der Waals surface area contributed by atoms with E-state index in [0.29, 0.717) is 18.3 Å². The highest BCUT2D eigenvalue weighted by molar-refractivity contribution is 5.91. The Kier molecular flexibility index (Phi) is 6.54. The number of carbonyl (C=O) groups excluding carboxylic acids is 1. The second kappa shape index (κ2) is 9.57. The first-order valence-corrected chi connectivity index (χ1v) is 10.2. The van der Waals surface area contributed by atoms with Crippen molar-refractivity contribution < 1.29 is 26.7 Å². The third kappa shape index (κ3) is 5.83. The molecule has 35 heavy (non-hydrogen) atoms. The van der Waals surface area contributed by atoms with Gasteiger partial charge < -0.3 is 5.32 Å². The Labute approximate surface area is 195 Å². The monoisotopic (exact) mass is 488 g/mol. The molecule has 0 bridgehead atoms. The van der Waals surface area contributed by atoms with Crippen LogP contribution in [-0.2, 0) is 30.9 Å². The summed E-state index contributed by atoms with van der Waals surface area (Å²) >= 11 is 0. The van der Waals surface area contributed by atoms with E-state index < -0.39 is 35.7 Å². The fourth-order valence-electron chi connectivity index (χ4n) is 3.31. The second-order valence-electron chi connectivity index (χ2n) is 7.66. The van der Waals surface area contributed by atoms with Gasteiger partial charge in [0.25, 0.3) is 0 Å². The highest BCUT2D eigenvalue weighted by atomic mass is 19.4. The smallest absolute Gasteiger partial charge is 0.310 e. The van der Waals surface area contributed by atoms with Gasteiger partial charge in [-0.3, -0.25) is 9.48 Å². The summed E-state index contributed by atoms with van der Waals surface area (Å²) in [5.74, 6) is -2.42. The Hall–Kier alpha value is -4.22. The molecule has 0 aliphatic heterocycles. The van der Waals surface area contributed by atoms with Crippen molar-refractivity contribution in [2.75, 3.05) is 5.32 Å². The number of aromatic nitrogens is 5. The van der Waals surface area contributed by atoms with Crippen LogP contribution < -0.4 is 5.32 Å². The van der Waals surface area contributed by atoms with Crippen LogP contribution in [0.3, 0.4) is 0 Å². The topological polar surface area (TPSA) is 85.6 Å². The highest BCUT2D eigenvalue weighted by Gasteiger charge is 2.30. The molecule has 0 spiro atoms. The van der Waals surface area contributed by atoms with Crippen LogP contribution in [0.4, 0.5) is 27.8 Å². The minimum Gasteiger partial charge on any atom is -0.310 e. The SMILES string of the molecule is Cn1cc(Cc2ncc(-c3cc(F)c(CC(=O)Nc4cc(C(F)(F)F)ccn4)cc3F)cn2)cn1. The van der Waals surface area contributed by atoms with Gasteiger partial charge in [-0.2, -0.15) is 18.3 Å². The first kappa shape index (κ1) is 23.9. The number of benzene rings is 1. The summed E-state index contributed by atoms with van der Waals surface area (Å²) in [6, 6.07) is 3.17. The van der Waals surface area contributed by atoms with Crippen molar-refractivity contribution in [2.24, 2.45) is 7.05 Å². The lowest BCUT2D eigenvalue weighted by Gasteiger charge is -2.10. The van der Waals surface area contributed by atoms with E-state index in [-0.39, 0.29) is 22.5 Å². The molecule has 1 aromatic carbocycles. The van der Waals surface area contributed by atoms with Crippen molar-refractivity contribution in [3.8, 4) is 11.1 Å². The average Bonchev–Trinajstić information content (AvgIpc) is 3.20.